The summed E-state index contributed by atoms with van der Waals surface area (Å²) in [6, 6.07) is 5.59. The molecule has 1 aromatic rings. The number of hydrogen-bond donors (Lipinski definition) is 0. The molecule has 6 nitrogen and oxygen atoms in total. The first-order valence-electron chi connectivity index (χ1n) is 8.58. The number of benzene rings is 1. The average Bonchev–Trinajstić information content (AvgIpc) is 2.64. The van der Waals surface area contributed by atoms with Gasteiger partial charge in [-0.3, -0.25) is 9.59 Å². The predicted molar refractivity (Wildman–Crippen MR) is 96.6 cm³/mol. The minimum atomic E-state index is -0.0477. The fourth-order valence-corrected chi connectivity index (χ4v) is 2.63. The molecule has 1 saturated heterocycles. The largest absolute Gasteiger partial charge is 0.493 e. The highest BCUT2D eigenvalue weighted by Crippen LogP contribution is 2.28. The van der Waals surface area contributed by atoms with E-state index in [9.17, 15) is 9.59 Å². The van der Waals surface area contributed by atoms with Gasteiger partial charge in [-0.2, -0.15) is 0 Å². The van der Waals surface area contributed by atoms with E-state index in [0.29, 0.717) is 44.3 Å². The number of methoxy groups -OCH3 is 1. The van der Waals surface area contributed by atoms with Gasteiger partial charge in [0.2, 0.25) is 11.8 Å². The van der Waals surface area contributed by atoms with Crippen molar-refractivity contribution in [2.75, 3.05) is 39.9 Å². The summed E-state index contributed by atoms with van der Waals surface area (Å²) in [5.74, 6) is 1.36. The molecule has 25 heavy (non-hydrogen) atoms. The van der Waals surface area contributed by atoms with Gasteiger partial charge in [0, 0.05) is 39.2 Å². The van der Waals surface area contributed by atoms with E-state index in [2.05, 4.69) is 0 Å². The Kier molecular flexibility index (Phi) is 6.86. The predicted octanol–water partition coefficient (Wildman–Crippen LogP) is 2.19. The van der Waals surface area contributed by atoms with Crippen LogP contribution in [0.3, 0.4) is 0 Å². The molecule has 1 aliphatic rings. The van der Waals surface area contributed by atoms with Gasteiger partial charge in [-0.1, -0.05) is 13.0 Å². The summed E-state index contributed by atoms with van der Waals surface area (Å²) in [6.07, 6.45) is 4.26. The quantitative estimate of drug-likeness (QED) is 0.741. The van der Waals surface area contributed by atoms with Crippen molar-refractivity contribution in [2.24, 2.45) is 0 Å². The van der Waals surface area contributed by atoms with Crippen molar-refractivity contribution < 1.29 is 19.1 Å². The van der Waals surface area contributed by atoms with Crippen LogP contribution in [0.1, 0.15) is 25.8 Å². The molecule has 0 saturated carbocycles. The molecule has 6 heteroatoms. The highest BCUT2D eigenvalue weighted by molar-refractivity contribution is 5.92. The van der Waals surface area contributed by atoms with Crippen molar-refractivity contribution in [2.45, 2.75) is 20.3 Å². The lowest BCUT2D eigenvalue weighted by molar-refractivity contribution is -0.135. The molecule has 1 aliphatic heterocycles. The summed E-state index contributed by atoms with van der Waals surface area (Å²) in [7, 11) is 1.60. The van der Waals surface area contributed by atoms with Crippen LogP contribution in [0.2, 0.25) is 0 Å². The van der Waals surface area contributed by atoms with E-state index >= 15 is 0 Å². The van der Waals surface area contributed by atoms with Crippen LogP contribution in [0, 0.1) is 0 Å². The van der Waals surface area contributed by atoms with E-state index in [1.165, 1.54) is 0 Å². The fourth-order valence-electron chi connectivity index (χ4n) is 2.63. The topological polar surface area (TPSA) is 59.1 Å². The van der Waals surface area contributed by atoms with Crippen LogP contribution in [0.4, 0.5) is 0 Å². The van der Waals surface area contributed by atoms with Crippen LogP contribution in [-0.4, -0.2) is 61.5 Å². The van der Waals surface area contributed by atoms with Crippen molar-refractivity contribution in [3.05, 3.63) is 29.8 Å². The number of carbonyl (C=O) groups excluding carboxylic acids is 2. The van der Waals surface area contributed by atoms with Crippen molar-refractivity contribution in [1.29, 1.82) is 0 Å². The van der Waals surface area contributed by atoms with E-state index in [4.69, 9.17) is 9.47 Å². The SMILES string of the molecule is CCCOc1ccc(C=CC(=O)N2CCN(C(C)=O)CC2)cc1OC. The van der Waals surface area contributed by atoms with Gasteiger partial charge in [0.25, 0.3) is 0 Å². The van der Waals surface area contributed by atoms with E-state index in [0.717, 1.165) is 12.0 Å². The van der Waals surface area contributed by atoms with Gasteiger partial charge in [0.1, 0.15) is 0 Å². The van der Waals surface area contributed by atoms with Crippen LogP contribution in [-0.2, 0) is 9.59 Å². The van der Waals surface area contributed by atoms with Crippen LogP contribution in [0.25, 0.3) is 6.08 Å². The minimum Gasteiger partial charge on any atom is -0.493 e. The second-order valence-electron chi connectivity index (χ2n) is 5.92. The summed E-state index contributed by atoms with van der Waals surface area (Å²) in [5, 5.41) is 0. The number of carbonyl (C=O) groups is 2. The second-order valence-corrected chi connectivity index (χ2v) is 5.92. The second kappa shape index (κ2) is 9.11. The first-order valence-corrected chi connectivity index (χ1v) is 8.58. The van der Waals surface area contributed by atoms with Gasteiger partial charge in [0.05, 0.1) is 13.7 Å². The number of nitrogens with zero attached hydrogens (tertiary/aromatic N) is 2. The molecule has 0 radical (unpaired) electrons. The maximum atomic E-state index is 12.3. The number of ether oxygens (including phenoxy) is 2. The van der Waals surface area contributed by atoms with Gasteiger partial charge in [0.15, 0.2) is 11.5 Å². The van der Waals surface area contributed by atoms with E-state index < -0.39 is 0 Å². The van der Waals surface area contributed by atoms with Crippen LogP contribution in [0.15, 0.2) is 24.3 Å². The lowest BCUT2D eigenvalue weighted by Crippen LogP contribution is -2.49. The Hall–Kier alpha value is -2.50. The van der Waals surface area contributed by atoms with Crippen molar-refractivity contribution in [1.82, 2.24) is 9.80 Å². The van der Waals surface area contributed by atoms with Gasteiger partial charge in [-0.25, -0.2) is 0 Å². The molecular formula is C19H26N2O4. The zero-order valence-electron chi connectivity index (χ0n) is 15.2. The molecule has 1 heterocycles. The molecule has 0 N–H and O–H groups in total. The molecule has 0 bridgehead atoms. The molecule has 2 amide bonds. The van der Waals surface area contributed by atoms with Gasteiger partial charge in [-0.05, 0) is 30.2 Å². The van der Waals surface area contributed by atoms with Gasteiger partial charge >= 0.3 is 0 Å². The van der Waals surface area contributed by atoms with E-state index in [-0.39, 0.29) is 11.8 Å². The maximum Gasteiger partial charge on any atom is 0.246 e. The highest BCUT2D eigenvalue weighted by Gasteiger charge is 2.20. The third-order valence-electron chi connectivity index (χ3n) is 4.10. The Balaban J connectivity index is 1.96. The lowest BCUT2D eigenvalue weighted by Gasteiger charge is -2.33. The summed E-state index contributed by atoms with van der Waals surface area (Å²) >= 11 is 0. The minimum absolute atomic E-state index is 0.0477. The first kappa shape index (κ1) is 18.8. The zero-order chi connectivity index (χ0) is 18.2. The van der Waals surface area contributed by atoms with Crippen LogP contribution < -0.4 is 9.47 Å². The van der Waals surface area contributed by atoms with Crippen LogP contribution >= 0.6 is 0 Å². The van der Waals surface area contributed by atoms with Crippen molar-refractivity contribution >= 4 is 17.9 Å². The number of hydrogen-bond acceptors (Lipinski definition) is 4. The smallest absolute Gasteiger partial charge is 0.246 e. The molecule has 136 valence electrons. The molecule has 0 aliphatic carbocycles. The maximum absolute atomic E-state index is 12.3. The van der Waals surface area contributed by atoms with Gasteiger partial charge < -0.3 is 19.3 Å². The normalized spacial score (nSPS) is 14.7. The molecule has 2 rings (SSSR count). The third-order valence-corrected chi connectivity index (χ3v) is 4.10. The Labute approximate surface area is 149 Å². The Morgan fingerprint density at radius 3 is 2.40 bits per heavy atom. The summed E-state index contributed by atoms with van der Waals surface area (Å²) < 4.78 is 11.0. The van der Waals surface area contributed by atoms with Crippen molar-refractivity contribution in [3.8, 4) is 11.5 Å². The van der Waals surface area contributed by atoms with E-state index in [1.54, 1.807) is 36.0 Å². The average molecular weight is 346 g/mol. The Bertz CT molecular complexity index is 634. The Morgan fingerprint density at radius 2 is 1.80 bits per heavy atom. The fraction of sp³-hybridized carbons (Fsp3) is 0.474. The molecule has 0 atom stereocenters. The number of rotatable bonds is 6. The molecular weight excluding hydrogens is 320 g/mol. The first-order chi connectivity index (χ1) is 12.0. The summed E-state index contributed by atoms with van der Waals surface area (Å²) in [6.45, 7) is 6.55. The molecule has 0 aromatic heterocycles. The standard InChI is InChI=1S/C19H26N2O4/c1-4-13-25-17-7-5-16(14-18(17)24-3)6-8-19(23)21-11-9-20(10-12-21)15(2)22/h5-8,14H,4,9-13H2,1-3H3. The van der Waals surface area contributed by atoms with Crippen molar-refractivity contribution in [3.63, 3.8) is 0 Å². The Morgan fingerprint density at radius 1 is 1.12 bits per heavy atom. The van der Waals surface area contributed by atoms with Gasteiger partial charge in [-0.15, -0.1) is 0 Å². The molecule has 0 unspecified atom stereocenters. The van der Waals surface area contributed by atoms with Crippen LogP contribution in [0.5, 0.6) is 11.5 Å². The zero-order valence-corrected chi connectivity index (χ0v) is 15.2. The molecule has 1 fully saturated rings. The molecule has 1 aromatic carbocycles. The lowest BCUT2D eigenvalue weighted by atomic mass is 10.2. The van der Waals surface area contributed by atoms with E-state index in [1.807, 2.05) is 25.1 Å². The number of amides is 2. The highest BCUT2D eigenvalue weighted by atomic mass is 16.5. The third kappa shape index (κ3) is 5.24. The number of piperazine rings is 1. The monoisotopic (exact) mass is 346 g/mol. The summed E-state index contributed by atoms with van der Waals surface area (Å²) in [4.78, 5) is 27.1. The summed E-state index contributed by atoms with van der Waals surface area (Å²) in [5.41, 5.74) is 0.872. The molecule has 0 spiro atoms.